The number of nitrogens with zero attached hydrogens (tertiary/aromatic N) is 2. The highest BCUT2D eigenvalue weighted by atomic mass is 35.5. The molecular formula is C37H45Cl2F3N3O14PS. The van der Waals surface area contributed by atoms with Gasteiger partial charge < -0.3 is 33.7 Å². The zero-order valence-electron chi connectivity index (χ0n) is 33.8. The molecular weight excluding hydrogens is 901 g/mol. The Morgan fingerprint density at radius 2 is 1.69 bits per heavy atom. The fourth-order valence-electron chi connectivity index (χ4n) is 4.22. The third-order valence-corrected chi connectivity index (χ3v) is 8.31. The molecule has 0 aliphatic carbocycles. The highest BCUT2D eigenvalue weighted by Crippen LogP contribution is 2.37. The van der Waals surface area contributed by atoms with E-state index in [2.05, 4.69) is 18.8 Å². The van der Waals surface area contributed by atoms with Gasteiger partial charge in [-0.05, 0) is 74.5 Å². The van der Waals surface area contributed by atoms with Crippen molar-refractivity contribution in [3.8, 4) is 11.5 Å². The first-order chi connectivity index (χ1) is 28.1. The Balaban J connectivity index is 0.000000510. The maximum Gasteiger partial charge on any atom is 0.416 e. The minimum absolute atomic E-state index is 0.00687. The summed E-state index contributed by atoms with van der Waals surface area (Å²) in [6, 6.07) is 12.8. The number of carbonyl (C=O) groups excluding carboxylic acids is 3. The number of carbonyl (C=O) groups is 4. The fourth-order valence-corrected chi connectivity index (χ4v) is 5.03. The van der Waals surface area contributed by atoms with Crippen molar-refractivity contribution in [1.82, 2.24) is 10.4 Å². The molecule has 1 aliphatic heterocycles. The van der Waals surface area contributed by atoms with E-state index < -0.39 is 77.8 Å². The van der Waals surface area contributed by atoms with Crippen LogP contribution in [0.3, 0.4) is 0 Å². The average molecular weight is 947 g/mol. The number of esters is 2. The fraction of sp³-hybridized carbons (Fsp3) is 0.405. The van der Waals surface area contributed by atoms with Gasteiger partial charge in [-0.15, -0.1) is 0 Å². The van der Waals surface area contributed by atoms with Crippen LogP contribution in [0.2, 0.25) is 10.0 Å². The van der Waals surface area contributed by atoms with Crippen molar-refractivity contribution < 1.29 is 75.8 Å². The molecule has 338 valence electrons. The summed E-state index contributed by atoms with van der Waals surface area (Å²) in [6.07, 6.45) is -0.0672. The Labute approximate surface area is 362 Å². The molecule has 1 amide bonds. The molecule has 3 aromatic rings. The van der Waals surface area contributed by atoms with Crippen LogP contribution in [0.4, 0.5) is 18.9 Å². The SMILES string of the molecule is CC1(C)CON(Cc2ccccc2Cl)C1=O.CCOC(=O)C(C)OC(=O)c1cc(Oc2ccc(C(F)(F)F)cc2Cl)ccc1[N+](=O)[O-].C[S+](C)C.O=C(O)CNCP(=O)([O-])O. The number of hydrogen-bond donors (Lipinski definition) is 3. The number of aliphatic carboxylic acids is 1. The zero-order valence-corrected chi connectivity index (χ0v) is 37.0. The quantitative estimate of drug-likeness (QED) is 0.0547. The highest BCUT2D eigenvalue weighted by Gasteiger charge is 2.40. The summed E-state index contributed by atoms with van der Waals surface area (Å²) in [6.45, 7) is 6.92. The van der Waals surface area contributed by atoms with Crippen LogP contribution in [0.15, 0.2) is 60.7 Å². The molecule has 4 rings (SSSR count). The van der Waals surface area contributed by atoms with Crippen LogP contribution in [-0.4, -0.2) is 94.7 Å². The summed E-state index contributed by atoms with van der Waals surface area (Å²) in [5.41, 5.74) is -1.70. The van der Waals surface area contributed by atoms with Crippen LogP contribution in [0.5, 0.6) is 11.5 Å². The predicted octanol–water partition coefficient (Wildman–Crippen LogP) is 6.47. The van der Waals surface area contributed by atoms with Gasteiger partial charge in [-0.1, -0.05) is 41.4 Å². The average Bonchev–Trinajstić information content (AvgIpc) is 3.39. The molecule has 0 saturated carbocycles. The van der Waals surface area contributed by atoms with Crippen LogP contribution in [0.1, 0.15) is 49.2 Å². The third-order valence-electron chi connectivity index (χ3n) is 7.02. The van der Waals surface area contributed by atoms with E-state index in [0.29, 0.717) is 35.1 Å². The summed E-state index contributed by atoms with van der Waals surface area (Å²) in [5.74, 6) is -3.52. The van der Waals surface area contributed by atoms with Gasteiger partial charge in [-0.3, -0.25) is 29.9 Å². The smallest absolute Gasteiger partial charge is 0.416 e. The number of ether oxygens (including phenoxy) is 3. The van der Waals surface area contributed by atoms with Gasteiger partial charge in [0.2, 0.25) is 0 Å². The molecule has 1 heterocycles. The molecule has 2 atom stereocenters. The lowest BCUT2D eigenvalue weighted by Gasteiger charge is -2.16. The Kier molecular flexibility index (Phi) is 22.2. The molecule has 1 aliphatic rings. The first kappa shape index (κ1) is 54.5. The molecule has 0 radical (unpaired) electrons. The van der Waals surface area contributed by atoms with Crippen molar-refractivity contribution in [2.75, 3.05) is 44.8 Å². The minimum Gasteiger partial charge on any atom is -0.778 e. The van der Waals surface area contributed by atoms with Crippen LogP contribution < -0.4 is 14.9 Å². The van der Waals surface area contributed by atoms with Crippen molar-refractivity contribution in [3.63, 3.8) is 0 Å². The van der Waals surface area contributed by atoms with Crippen LogP contribution in [-0.2, 0) is 56.9 Å². The molecule has 0 spiro atoms. The molecule has 17 nitrogen and oxygen atoms in total. The number of nitro groups is 1. The zero-order chi connectivity index (χ0) is 46.9. The second kappa shape index (κ2) is 24.8. The summed E-state index contributed by atoms with van der Waals surface area (Å²) in [5, 5.41) is 22.9. The monoisotopic (exact) mass is 945 g/mol. The van der Waals surface area contributed by atoms with Crippen LogP contribution in [0, 0.1) is 15.5 Å². The van der Waals surface area contributed by atoms with Gasteiger partial charge >= 0.3 is 24.1 Å². The van der Waals surface area contributed by atoms with Gasteiger partial charge in [0.25, 0.3) is 11.6 Å². The number of rotatable bonds is 13. The van der Waals surface area contributed by atoms with Crippen molar-refractivity contribution >= 4 is 71.2 Å². The van der Waals surface area contributed by atoms with Crippen LogP contribution >= 0.6 is 30.8 Å². The second-order valence-electron chi connectivity index (χ2n) is 13.4. The van der Waals surface area contributed by atoms with Crippen molar-refractivity contribution in [3.05, 3.63) is 97.5 Å². The molecule has 0 bridgehead atoms. The lowest BCUT2D eigenvalue weighted by Crippen LogP contribution is -2.30. The Bertz CT molecular complexity index is 2040. The van der Waals surface area contributed by atoms with Crippen molar-refractivity contribution in [1.29, 1.82) is 0 Å². The molecule has 3 N–H and O–H groups in total. The van der Waals surface area contributed by atoms with Gasteiger partial charge in [0.15, 0.2) is 6.10 Å². The van der Waals surface area contributed by atoms with E-state index in [4.69, 9.17) is 52.2 Å². The van der Waals surface area contributed by atoms with Gasteiger partial charge in [0, 0.05) is 17.2 Å². The normalized spacial score (nSPS) is 14.4. The summed E-state index contributed by atoms with van der Waals surface area (Å²) in [4.78, 5) is 79.4. The Hall–Kier alpha value is -4.47. The van der Waals surface area contributed by atoms with Crippen molar-refractivity contribution in [2.45, 2.75) is 46.5 Å². The minimum atomic E-state index is -4.61. The number of hydroxylamine groups is 2. The lowest BCUT2D eigenvalue weighted by molar-refractivity contribution is -0.385. The molecule has 1 fully saturated rings. The predicted molar refractivity (Wildman–Crippen MR) is 218 cm³/mol. The van der Waals surface area contributed by atoms with E-state index >= 15 is 0 Å². The number of nitro benzene ring substituents is 1. The number of benzene rings is 3. The van der Waals surface area contributed by atoms with E-state index in [1.54, 1.807) is 6.92 Å². The first-order valence-electron chi connectivity index (χ1n) is 17.4. The van der Waals surface area contributed by atoms with E-state index in [-0.39, 0.29) is 29.0 Å². The topological polar surface area (TPSA) is 244 Å². The van der Waals surface area contributed by atoms with E-state index in [1.807, 2.05) is 43.4 Å². The van der Waals surface area contributed by atoms with Gasteiger partial charge in [-0.25, -0.2) is 14.7 Å². The molecule has 2 unspecified atom stereocenters. The second-order valence-corrected chi connectivity index (χ2v) is 18.3. The van der Waals surface area contributed by atoms with Crippen molar-refractivity contribution in [2.24, 2.45) is 5.41 Å². The highest BCUT2D eigenvalue weighted by molar-refractivity contribution is 7.94. The number of alkyl halides is 3. The maximum absolute atomic E-state index is 12.8. The Morgan fingerprint density at radius 3 is 2.16 bits per heavy atom. The third kappa shape index (κ3) is 20.3. The van der Waals surface area contributed by atoms with E-state index in [0.717, 1.165) is 35.9 Å². The molecule has 0 aromatic heterocycles. The molecule has 61 heavy (non-hydrogen) atoms. The molecule has 3 aromatic carbocycles. The maximum atomic E-state index is 12.8. The molecule has 24 heteroatoms. The van der Waals surface area contributed by atoms with E-state index in [1.165, 1.54) is 12.0 Å². The standard InChI is InChI=1S/C19H15ClF3NO7.C12H14ClNO2.C3H8NO5P.C3H9S/c1-3-29-17(25)10(2)30-18(26)13-9-12(5-6-15(13)24(27)28)31-16-7-4-11(8-14(16)20)19(21,22)23;1-12(2)8-16-14(11(12)15)7-9-5-3-4-6-10(9)13;5-3(6)1-4-2-10(7,8)9;1-4(2)3/h4-10H,3H2,1-2H3;3-6H,7-8H2,1-2H3;4H,1-2H2,(H,5,6)(H2,7,8,9);1-3H3/q;;;+1/p-1. The van der Waals surface area contributed by atoms with Crippen LogP contribution in [0.25, 0.3) is 0 Å². The summed E-state index contributed by atoms with van der Waals surface area (Å²) < 4.78 is 63.2. The number of carboxylic acids is 1. The number of amides is 1. The largest absolute Gasteiger partial charge is 0.778 e. The summed E-state index contributed by atoms with van der Waals surface area (Å²) >= 11 is 11.9. The van der Waals surface area contributed by atoms with Gasteiger partial charge in [0.1, 0.15) is 24.7 Å². The van der Waals surface area contributed by atoms with Gasteiger partial charge in [-0.2, -0.15) is 13.2 Å². The number of carboxylic acid groups (broad SMARTS) is 1. The lowest BCUT2D eigenvalue weighted by atomic mass is 9.95. The number of hydrogen-bond acceptors (Lipinski definition) is 13. The number of nitrogens with one attached hydrogen (secondary N) is 1. The van der Waals surface area contributed by atoms with Gasteiger partial charge in [0.05, 0.1) is 72.3 Å². The summed E-state index contributed by atoms with van der Waals surface area (Å²) in [7, 11) is -3.71. The first-order valence-corrected chi connectivity index (χ1v) is 22.4. The number of halogens is 5. The molecule has 1 saturated heterocycles. The van der Waals surface area contributed by atoms with E-state index in [9.17, 15) is 51.9 Å². The Morgan fingerprint density at radius 1 is 1.08 bits per heavy atom.